The van der Waals surface area contributed by atoms with Crippen molar-refractivity contribution in [1.82, 2.24) is 20.5 Å². The van der Waals surface area contributed by atoms with Crippen LogP contribution < -0.4 is 10.6 Å². The number of likely N-dealkylation sites (tertiary alicyclic amines) is 1. The van der Waals surface area contributed by atoms with Crippen LogP contribution in [0.5, 0.6) is 0 Å². The second-order valence-corrected chi connectivity index (χ2v) is 7.98. The highest BCUT2D eigenvalue weighted by Crippen LogP contribution is 2.32. The van der Waals surface area contributed by atoms with E-state index in [0.29, 0.717) is 5.69 Å². The molecule has 1 saturated heterocycles. The van der Waals surface area contributed by atoms with E-state index < -0.39 is 48.7 Å². The molecule has 2 atom stereocenters. The second kappa shape index (κ2) is 10.3. The normalized spacial score (nSPS) is 18.0. The van der Waals surface area contributed by atoms with Crippen molar-refractivity contribution in [3.05, 3.63) is 29.6 Å². The Morgan fingerprint density at radius 3 is 2.62 bits per heavy atom. The number of alkyl halides is 2. The highest BCUT2D eigenvalue weighted by molar-refractivity contribution is 5.99. The number of hydrogen-bond donors (Lipinski definition) is 2. The molecule has 0 bridgehead atoms. The Labute approximate surface area is 184 Å². The zero-order valence-corrected chi connectivity index (χ0v) is 18.0. The molecule has 9 nitrogen and oxygen atoms in total. The van der Waals surface area contributed by atoms with E-state index in [9.17, 15) is 28.0 Å². The van der Waals surface area contributed by atoms with Crippen molar-refractivity contribution in [2.45, 2.75) is 58.2 Å². The summed E-state index contributed by atoms with van der Waals surface area (Å²) in [6.45, 7) is 3.86. The maximum absolute atomic E-state index is 13.6. The van der Waals surface area contributed by atoms with Crippen LogP contribution >= 0.6 is 0 Å². The maximum atomic E-state index is 13.6. The third-order valence-electron chi connectivity index (χ3n) is 4.94. The number of amides is 3. The lowest BCUT2D eigenvalue weighted by atomic mass is 10.1. The van der Waals surface area contributed by atoms with E-state index in [2.05, 4.69) is 15.6 Å². The molecule has 3 amide bonds. The lowest BCUT2D eigenvalue weighted by Crippen LogP contribution is -2.48. The molecular formula is C21H25F2N5O4. The van der Waals surface area contributed by atoms with Crippen LogP contribution in [0.2, 0.25) is 0 Å². The van der Waals surface area contributed by atoms with Gasteiger partial charge in [-0.3, -0.25) is 24.2 Å². The van der Waals surface area contributed by atoms with Crippen LogP contribution in [0.3, 0.4) is 0 Å². The first-order valence-corrected chi connectivity index (χ1v) is 10.1. The van der Waals surface area contributed by atoms with Crippen molar-refractivity contribution in [1.29, 1.82) is 5.26 Å². The largest absolute Gasteiger partial charge is 0.350 e. The van der Waals surface area contributed by atoms with Crippen molar-refractivity contribution in [2.75, 3.05) is 6.54 Å². The van der Waals surface area contributed by atoms with Crippen LogP contribution in [0.15, 0.2) is 18.3 Å². The smallest absolute Gasteiger partial charge is 0.268 e. The van der Waals surface area contributed by atoms with Gasteiger partial charge in [0.1, 0.15) is 17.9 Å². The van der Waals surface area contributed by atoms with Crippen molar-refractivity contribution in [2.24, 2.45) is 5.92 Å². The molecule has 0 unspecified atom stereocenters. The number of nitrogens with zero attached hydrogens (tertiary/aromatic N) is 3. The molecule has 172 valence electrons. The number of carbonyl (C=O) groups is 4. The zero-order chi connectivity index (χ0) is 24.1. The summed E-state index contributed by atoms with van der Waals surface area (Å²) in [5, 5.41) is 14.0. The summed E-state index contributed by atoms with van der Waals surface area (Å²) in [4.78, 5) is 53.3. The minimum absolute atomic E-state index is 0.00742. The molecule has 2 rings (SSSR count). The van der Waals surface area contributed by atoms with Crippen LogP contribution in [0, 0.1) is 17.2 Å². The number of halogens is 2. The summed E-state index contributed by atoms with van der Waals surface area (Å²) in [6, 6.07) is 2.09. The van der Waals surface area contributed by atoms with E-state index >= 15 is 0 Å². The molecule has 11 heteroatoms. The highest BCUT2D eigenvalue weighted by Gasteiger charge is 2.48. The fourth-order valence-electron chi connectivity index (χ4n) is 3.08. The number of nitriles is 1. The lowest BCUT2D eigenvalue weighted by molar-refractivity contribution is -0.134. The summed E-state index contributed by atoms with van der Waals surface area (Å²) in [7, 11) is 0. The predicted molar refractivity (Wildman–Crippen MR) is 108 cm³/mol. The van der Waals surface area contributed by atoms with Gasteiger partial charge < -0.3 is 15.5 Å². The Morgan fingerprint density at radius 1 is 1.31 bits per heavy atom. The van der Waals surface area contributed by atoms with E-state index in [0.717, 1.165) is 4.90 Å². The van der Waals surface area contributed by atoms with Crippen LogP contribution in [0.4, 0.5) is 8.78 Å². The second-order valence-electron chi connectivity index (χ2n) is 7.98. The topological polar surface area (TPSA) is 132 Å². The molecule has 1 aromatic rings. The van der Waals surface area contributed by atoms with E-state index in [4.69, 9.17) is 5.26 Å². The van der Waals surface area contributed by atoms with E-state index in [1.807, 2.05) is 0 Å². The number of aromatic nitrogens is 1. The third-order valence-corrected chi connectivity index (χ3v) is 4.94. The minimum Gasteiger partial charge on any atom is -0.350 e. The van der Waals surface area contributed by atoms with Crippen LogP contribution in [-0.4, -0.2) is 57.9 Å². The molecule has 0 aliphatic carbocycles. The third kappa shape index (κ3) is 6.54. The van der Waals surface area contributed by atoms with Gasteiger partial charge in [0, 0.05) is 24.1 Å². The van der Waals surface area contributed by atoms with Crippen LogP contribution in [0.1, 0.15) is 49.7 Å². The number of pyridine rings is 1. The average Bonchev–Trinajstić information content (AvgIpc) is 3.06. The van der Waals surface area contributed by atoms with Gasteiger partial charge in [0.25, 0.3) is 11.8 Å². The van der Waals surface area contributed by atoms with Gasteiger partial charge in [0.05, 0.1) is 31.3 Å². The monoisotopic (exact) mass is 449 g/mol. The molecule has 0 saturated carbocycles. The summed E-state index contributed by atoms with van der Waals surface area (Å²) in [5.74, 6) is -5.49. The quantitative estimate of drug-likeness (QED) is 0.573. The standard InChI is InChI=1S/C21H25F2N5O4/c1-12(2)17(29)7-18(30)26-10-15-6-14(4-5-25-15)19(31)27-13(3)20(32)28-11-21(22,23)8-16(28)9-24/h4-6,12-13,16H,7-8,10-11H2,1-3H3,(H,26,30)(H,27,31)/t13-,16+/m1/s1. The summed E-state index contributed by atoms with van der Waals surface area (Å²) in [5.41, 5.74) is 0.497. The first kappa shape index (κ1) is 24.8. The van der Waals surface area contributed by atoms with Crippen LogP contribution in [0.25, 0.3) is 0 Å². The SMILES string of the molecule is CC(C)C(=O)CC(=O)NCc1cc(C(=O)N[C@H](C)C(=O)N2CC(F)(F)C[C@H]2C#N)ccn1. The summed E-state index contributed by atoms with van der Waals surface area (Å²) < 4.78 is 27.2. The van der Waals surface area contributed by atoms with Crippen molar-refractivity contribution < 1.29 is 28.0 Å². The maximum Gasteiger partial charge on any atom is 0.268 e. The van der Waals surface area contributed by atoms with E-state index in [1.54, 1.807) is 19.9 Å². The Balaban J connectivity index is 1.96. The fourth-order valence-corrected chi connectivity index (χ4v) is 3.08. The number of ketones is 1. The Morgan fingerprint density at radius 2 is 2.00 bits per heavy atom. The van der Waals surface area contributed by atoms with Crippen LogP contribution in [-0.2, 0) is 20.9 Å². The molecule has 0 spiro atoms. The average molecular weight is 449 g/mol. The molecule has 0 aromatic carbocycles. The van der Waals surface area contributed by atoms with Crippen molar-refractivity contribution in [3.8, 4) is 6.07 Å². The molecule has 32 heavy (non-hydrogen) atoms. The molecule has 2 heterocycles. The highest BCUT2D eigenvalue weighted by atomic mass is 19.3. The van der Waals surface area contributed by atoms with E-state index in [1.165, 1.54) is 25.3 Å². The van der Waals surface area contributed by atoms with Gasteiger partial charge in [-0.05, 0) is 19.1 Å². The molecule has 1 aromatic heterocycles. The molecular weight excluding hydrogens is 424 g/mol. The molecule has 2 N–H and O–H groups in total. The van der Waals surface area contributed by atoms with Gasteiger partial charge in [-0.15, -0.1) is 0 Å². The zero-order valence-electron chi connectivity index (χ0n) is 18.0. The number of Topliss-reactive ketones (excluding diaryl/α,β-unsaturated/α-hetero) is 1. The van der Waals surface area contributed by atoms with Crippen molar-refractivity contribution >= 4 is 23.5 Å². The van der Waals surface area contributed by atoms with Crippen molar-refractivity contribution in [3.63, 3.8) is 0 Å². The first-order chi connectivity index (χ1) is 14.9. The van der Waals surface area contributed by atoms with Gasteiger partial charge in [-0.25, -0.2) is 8.78 Å². The Hall–Kier alpha value is -3.42. The summed E-state index contributed by atoms with van der Waals surface area (Å²) in [6.07, 6.45) is 0.351. The first-order valence-electron chi connectivity index (χ1n) is 10.1. The van der Waals surface area contributed by atoms with Gasteiger partial charge in [-0.1, -0.05) is 13.8 Å². The fraction of sp³-hybridized carbons (Fsp3) is 0.524. The molecule has 1 fully saturated rings. The number of rotatable bonds is 8. The van der Waals surface area contributed by atoms with Gasteiger partial charge in [0.15, 0.2) is 0 Å². The van der Waals surface area contributed by atoms with Gasteiger partial charge in [-0.2, -0.15) is 5.26 Å². The minimum atomic E-state index is -3.15. The lowest BCUT2D eigenvalue weighted by Gasteiger charge is -2.23. The molecule has 0 radical (unpaired) electrons. The number of nitrogens with one attached hydrogen (secondary N) is 2. The number of hydrogen-bond acceptors (Lipinski definition) is 6. The van der Waals surface area contributed by atoms with Gasteiger partial charge >= 0.3 is 0 Å². The predicted octanol–water partition coefficient (Wildman–Crippen LogP) is 1.19. The molecule has 1 aliphatic rings. The summed E-state index contributed by atoms with van der Waals surface area (Å²) >= 11 is 0. The van der Waals surface area contributed by atoms with E-state index in [-0.39, 0.29) is 30.2 Å². The Bertz CT molecular complexity index is 944. The number of carbonyl (C=O) groups excluding carboxylic acids is 4. The van der Waals surface area contributed by atoms with Gasteiger partial charge in [0.2, 0.25) is 11.8 Å². The molecule has 1 aliphatic heterocycles. The Kier molecular flexibility index (Phi) is 7.97.